The minimum atomic E-state index is -0.657. The number of aromatic amines is 1. The Morgan fingerprint density at radius 1 is 1.15 bits per heavy atom. The van der Waals surface area contributed by atoms with E-state index < -0.39 is 12.0 Å². The highest BCUT2D eigenvalue weighted by atomic mass is 16.5. The number of esters is 1. The van der Waals surface area contributed by atoms with Crippen molar-refractivity contribution in [2.24, 2.45) is 0 Å². The molecule has 1 amide bonds. The Morgan fingerprint density at radius 3 is 2.70 bits per heavy atom. The van der Waals surface area contributed by atoms with Gasteiger partial charge in [0.2, 0.25) is 0 Å². The molecule has 0 spiro atoms. The third kappa shape index (κ3) is 2.07. The predicted molar refractivity (Wildman–Crippen MR) is 102 cm³/mol. The van der Waals surface area contributed by atoms with E-state index in [1.165, 1.54) is 7.11 Å². The van der Waals surface area contributed by atoms with E-state index in [1.807, 2.05) is 49.5 Å². The first kappa shape index (κ1) is 15.9. The van der Waals surface area contributed by atoms with Gasteiger partial charge in [-0.2, -0.15) is 0 Å². The summed E-state index contributed by atoms with van der Waals surface area (Å²) in [5, 5.41) is 1.08. The average Bonchev–Trinajstić information content (AvgIpc) is 3.08. The highest BCUT2D eigenvalue weighted by Crippen LogP contribution is 2.45. The summed E-state index contributed by atoms with van der Waals surface area (Å²) in [4.78, 5) is 33.1. The van der Waals surface area contributed by atoms with Crippen molar-refractivity contribution in [1.82, 2.24) is 9.88 Å². The Labute approximate surface area is 156 Å². The molecule has 5 rings (SSSR count). The van der Waals surface area contributed by atoms with Crippen LogP contribution in [0.5, 0.6) is 0 Å². The van der Waals surface area contributed by atoms with Gasteiger partial charge < -0.3 is 14.6 Å². The summed E-state index contributed by atoms with van der Waals surface area (Å²) in [7, 11) is 3.33. The van der Waals surface area contributed by atoms with Gasteiger partial charge in [0, 0.05) is 24.4 Å². The van der Waals surface area contributed by atoms with Crippen LogP contribution in [0.1, 0.15) is 27.8 Å². The number of rotatable bonds is 1. The number of amides is 1. The molecule has 2 aliphatic heterocycles. The Hall–Kier alpha value is -3.28. The predicted octanol–water partition coefficient (Wildman–Crippen LogP) is 2.86. The Kier molecular flexibility index (Phi) is 3.31. The van der Waals surface area contributed by atoms with Gasteiger partial charge in [-0.15, -0.1) is 0 Å². The third-order valence-electron chi connectivity index (χ3n) is 5.69. The molecule has 1 aromatic heterocycles. The molecule has 2 aliphatic rings. The minimum absolute atomic E-state index is 0.145. The van der Waals surface area contributed by atoms with Crippen LogP contribution in [-0.2, 0) is 16.0 Å². The monoisotopic (exact) mass is 361 g/mol. The largest absolute Gasteiger partial charge is 0.467 e. The van der Waals surface area contributed by atoms with Gasteiger partial charge in [-0.1, -0.05) is 30.3 Å². The summed E-state index contributed by atoms with van der Waals surface area (Å²) < 4.78 is 5.05. The molecule has 0 saturated carbocycles. The smallest absolute Gasteiger partial charge is 0.329 e. The maximum atomic E-state index is 13.3. The Balaban J connectivity index is 1.78. The quantitative estimate of drug-likeness (QED) is 0.677. The fourth-order valence-electron chi connectivity index (χ4n) is 4.46. The number of benzene rings is 2. The standard InChI is InChI=1S/C21H19N3O3/c1-23-16-10-6-4-8-13(16)20(25)24-17(21(26)27-2)11-14-12-7-3-5-9-15(12)22-18(14)19(23)24/h3-10,17,19,22H,11H2,1-2H3/t17-,19-/m0/s1. The summed E-state index contributed by atoms with van der Waals surface area (Å²) >= 11 is 0. The molecule has 0 bridgehead atoms. The molecule has 136 valence electrons. The maximum absolute atomic E-state index is 13.3. The number of nitrogens with zero attached hydrogens (tertiary/aromatic N) is 2. The lowest BCUT2D eigenvalue weighted by molar-refractivity contribution is -0.147. The van der Waals surface area contributed by atoms with E-state index in [0.717, 1.165) is 27.8 Å². The van der Waals surface area contributed by atoms with Crippen LogP contribution in [0, 0.1) is 0 Å². The highest BCUT2D eigenvalue weighted by molar-refractivity contribution is 6.04. The van der Waals surface area contributed by atoms with Crippen LogP contribution in [0.15, 0.2) is 48.5 Å². The normalized spacial score (nSPS) is 20.9. The average molecular weight is 361 g/mol. The molecule has 0 radical (unpaired) electrons. The molecule has 1 N–H and O–H groups in total. The SMILES string of the molecule is COC(=O)[C@@H]1Cc2c([nH]c3ccccc23)[C@H]2N(C)c3ccccc3C(=O)N12. The van der Waals surface area contributed by atoms with Gasteiger partial charge in [0.1, 0.15) is 12.2 Å². The fraction of sp³-hybridized carbons (Fsp3) is 0.238. The zero-order valence-electron chi connectivity index (χ0n) is 15.1. The number of nitrogens with one attached hydrogen (secondary N) is 1. The van der Waals surface area contributed by atoms with E-state index in [2.05, 4.69) is 9.88 Å². The molecule has 0 saturated heterocycles. The summed E-state index contributed by atoms with van der Waals surface area (Å²) in [5.74, 6) is -0.537. The first-order valence-electron chi connectivity index (χ1n) is 8.93. The van der Waals surface area contributed by atoms with Crippen LogP contribution in [0.4, 0.5) is 5.69 Å². The number of carbonyl (C=O) groups is 2. The van der Waals surface area contributed by atoms with Crippen molar-refractivity contribution in [3.8, 4) is 0 Å². The van der Waals surface area contributed by atoms with Gasteiger partial charge in [-0.3, -0.25) is 9.69 Å². The van der Waals surface area contributed by atoms with Gasteiger partial charge >= 0.3 is 5.97 Å². The van der Waals surface area contributed by atoms with Crippen molar-refractivity contribution in [1.29, 1.82) is 0 Å². The van der Waals surface area contributed by atoms with E-state index >= 15 is 0 Å². The second kappa shape index (κ2) is 5.61. The topological polar surface area (TPSA) is 65.6 Å². The molecule has 6 nitrogen and oxygen atoms in total. The molecular formula is C21H19N3O3. The molecule has 2 aromatic carbocycles. The van der Waals surface area contributed by atoms with Crippen molar-refractivity contribution in [3.05, 3.63) is 65.4 Å². The van der Waals surface area contributed by atoms with Crippen molar-refractivity contribution < 1.29 is 14.3 Å². The number of hydrogen-bond donors (Lipinski definition) is 1. The lowest BCUT2D eigenvalue weighted by Gasteiger charge is -2.48. The van der Waals surface area contributed by atoms with Crippen LogP contribution >= 0.6 is 0 Å². The number of fused-ring (bicyclic) bond motifs is 6. The van der Waals surface area contributed by atoms with E-state index in [1.54, 1.807) is 11.0 Å². The van der Waals surface area contributed by atoms with E-state index in [9.17, 15) is 9.59 Å². The van der Waals surface area contributed by atoms with Crippen LogP contribution in [0.25, 0.3) is 10.9 Å². The van der Waals surface area contributed by atoms with Gasteiger partial charge in [-0.25, -0.2) is 4.79 Å². The molecule has 3 aromatic rings. The van der Waals surface area contributed by atoms with Gasteiger partial charge in [-0.05, 0) is 23.8 Å². The number of H-pyrrole nitrogens is 1. The lowest BCUT2D eigenvalue weighted by atomic mass is 9.91. The Morgan fingerprint density at radius 2 is 1.89 bits per heavy atom. The number of anilines is 1. The number of hydrogen-bond acceptors (Lipinski definition) is 4. The van der Waals surface area contributed by atoms with Crippen LogP contribution in [0.2, 0.25) is 0 Å². The zero-order valence-corrected chi connectivity index (χ0v) is 15.1. The molecule has 3 heterocycles. The van der Waals surface area contributed by atoms with Gasteiger partial charge in [0.25, 0.3) is 5.91 Å². The van der Waals surface area contributed by atoms with E-state index in [0.29, 0.717) is 12.0 Å². The van der Waals surface area contributed by atoms with Crippen LogP contribution in [-0.4, -0.2) is 42.0 Å². The number of para-hydroxylation sites is 2. The molecule has 0 fully saturated rings. The molecular weight excluding hydrogens is 342 g/mol. The van der Waals surface area contributed by atoms with Gasteiger partial charge in [0.05, 0.1) is 24.1 Å². The zero-order chi connectivity index (χ0) is 18.7. The fourth-order valence-corrected chi connectivity index (χ4v) is 4.46. The second-order valence-electron chi connectivity index (χ2n) is 7.02. The van der Waals surface area contributed by atoms with Crippen LogP contribution in [0.3, 0.4) is 0 Å². The van der Waals surface area contributed by atoms with Crippen molar-refractivity contribution >= 4 is 28.5 Å². The van der Waals surface area contributed by atoms with Crippen molar-refractivity contribution in [3.63, 3.8) is 0 Å². The number of aromatic nitrogens is 1. The maximum Gasteiger partial charge on any atom is 0.329 e. The van der Waals surface area contributed by atoms with Crippen LogP contribution < -0.4 is 4.90 Å². The molecule has 0 unspecified atom stereocenters. The highest BCUT2D eigenvalue weighted by Gasteiger charge is 2.48. The molecule has 27 heavy (non-hydrogen) atoms. The van der Waals surface area contributed by atoms with E-state index in [-0.39, 0.29) is 12.1 Å². The second-order valence-corrected chi connectivity index (χ2v) is 7.02. The molecule has 6 heteroatoms. The minimum Gasteiger partial charge on any atom is -0.467 e. The third-order valence-corrected chi connectivity index (χ3v) is 5.69. The summed E-state index contributed by atoms with van der Waals surface area (Å²) in [6, 6.07) is 14.9. The molecule has 2 atom stereocenters. The first-order chi connectivity index (χ1) is 13.1. The number of methoxy groups -OCH3 is 1. The lowest BCUT2D eigenvalue weighted by Crippen LogP contribution is -2.58. The summed E-state index contributed by atoms with van der Waals surface area (Å²) in [5.41, 5.74) is 4.50. The summed E-state index contributed by atoms with van der Waals surface area (Å²) in [6.07, 6.45) is 0.0530. The number of carbonyl (C=O) groups excluding carboxylic acids is 2. The van der Waals surface area contributed by atoms with E-state index in [4.69, 9.17) is 4.74 Å². The van der Waals surface area contributed by atoms with Gasteiger partial charge in [0.15, 0.2) is 0 Å². The van der Waals surface area contributed by atoms with Crippen molar-refractivity contribution in [2.45, 2.75) is 18.6 Å². The Bertz CT molecular complexity index is 1090. The number of ether oxygens (including phenoxy) is 1. The first-order valence-corrected chi connectivity index (χ1v) is 8.93. The molecule has 0 aliphatic carbocycles. The van der Waals surface area contributed by atoms with Crippen molar-refractivity contribution in [2.75, 3.05) is 19.1 Å². The summed E-state index contributed by atoms with van der Waals surface area (Å²) in [6.45, 7) is 0.